The van der Waals surface area contributed by atoms with Crippen LogP contribution in [0.5, 0.6) is 5.75 Å². The number of para-hydroxylation sites is 2. The Balaban J connectivity index is 2.68. The summed E-state index contributed by atoms with van der Waals surface area (Å²) in [4.78, 5) is 13.9. The first-order valence-corrected chi connectivity index (χ1v) is 7.09. The molecule has 6 heteroatoms. The molecule has 0 heterocycles. The molecule has 1 aromatic carbocycles. The molecule has 0 aliphatic rings. The lowest BCUT2D eigenvalue weighted by molar-refractivity contribution is -0.139. The van der Waals surface area contributed by atoms with Crippen LogP contribution in [0.2, 0.25) is 0 Å². The number of benzene rings is 1. The SMILES string of the molecule is C[C@@H](C(=O)Oc1ccccc1N)N(CCCl)CCCl. The van der Waals surface area contributed by atoms with Crippen molar-refractivity contribution in [3.8, 4) is 5.75 Å². The van der Waals surface area contributed by atoms with Gasteiger partial charge in [0.15, 0.2) is 5.75 Å². The maximum atomic E-state index is 12.1. The number of nitrogens with zero attached hydrogens (tertiary/aromatic N) is 1. The van der Waals surface area contributed by atoms with E-state index in [9.17, 15) is 4.79 Å². The molecule has 106 valence electrons. The summed E-state index contributed by atoms with van der Waals surface area (Å²) in [5, 5.41) is 0. The zero-order chi connectivity index (χ0) is 14.3. The van der Waals surface area contributed by atoms with Crippen LogP contribution in [0.3, 0.4) is 0 Å². The van der Waals surface area contributed by atoms with Crippen LogP contribution >= 0.6 is 23.2 Å². The molecule has 1 atom stereocenters. The van der Waals surface area contributed by atoms with Gasteiger partial charge in [0.25, 0.3) is 0 Å². The van der Waals surface area contributed by atoms with Gasteiger partial charge < -0.3 is 10.5 Å². The first-order chi connectivity index (χ1) is 9.10. The molecule has 0 aromatic heterocycles. The second-order valence-corrected chi connectivity index (χ2v) is 4.80. The number of alkyl halides is 2. The van der Waals surface area contributed by atoms with Crippen LogP contribution in [0.15, 0.2) is 24.3 Å². The van der Waals surface area contributed by atoms with Crippen LogP contribution in [-0.2, 0) is 4.79 Å². The minimum atomic E-state index is -0.419. The number of anilines is 1. The summed E-state index contributed by atoms with van der Waals surface area (Å²) < 4.78 is 5.29. The highest BCUT2D eigenvalue weighted by Gasteiger charge is 2.22. The molecule has 0 aliphatic heterocycles. The van der Waals surface area contributed by atoms with Gasteiger partial charge >= 0.3 is 5.97 Å². The van der Waals surface area contributed by atoms with Crippen molar-refractivity contribution < 1.29 is 9.53 Å². The van der Waals surface area contributed by atoms with Gasteiger partial charge in [-0.05, 0) is 19.1 Å². The molecule has 1 aromatic rings. The molecule has 0 spiro atoms. The van der Waals surface area contributed by atoms with Gasteiger partial charge in [0.05, 0.1) is 5.69 Å². The number of hydrogen-bond donors (Lipinski definition) is 1. The minimum Gasteiger partial charge on any atom is -0.423 e. The van der Waals surface area contributed by atoms with Gasteiger partial charge in [-0.1, -0.05) is 12.1 Å². The summed E-state index contributed by atoms with van der Waals surface area (Å²) in [6, 6.07) is 6.47. The zero-order valence-electron chi connectivity index (χ0n) is 10.8. The van der Waals surface area contributed by atoms with E-state index in [1.165, 1.54) is 0 Å². The van der Waals surface area contributed by atoms with Crippen molar-refractivity contribution in [3.05, 3.63) is 24.3 Å². The third-order valence-electron chi connectivity index (χ3n) is 2.76. The Labute approximate surface area is 123 Å². The van der Waals surface area contributed by atoms with Crippen LogP contribution in [0.4, 0.5) is 5.69 Å². The van der Waals surface area contributed by atoms with Crippen LogP contribution in [-0.4, -0.2) is 41.8 Å². The Morgan fingerprint density at radius 1 is 1.32 bits per heavy atom. The third-order valence-corrected chi connectivity index (χ3v) is 3.10. The molecule has 0 saturated carbocycles. The molecule has 0 fully saturated rings. The number of nitrogens with two attached hydrogens (primary N) is 1. The number of carbonyl (C=O) groups excluding carboxylic acids is 1. The Bertz CT molecular complexity index is 409. The van der Waals surface area contributed by atoms with Crippen LogP contribution < -0.4 is 10.5 Å². The number of halogens is 2. The topological polar surface area (TPSA) is 55.6 Å². The molecule has 0 unspecified atom stereocenters. The maximum absolute atomic E-state index is 12.1. The van der Waals surface area contributed by atoms with Crippen molar-refractivity contribution in [2.24, 2.45) is 0 Å². The highest BCUT2D eigenvalue weighted by Crippen LogP contribution is 2.20. The van der Waals surface area contributed by atoms with Gasteiger partial charge in [-0.3, -0.25) is 4.90 Å². The standard InChI is InChI=1S/C13H18Cl2N2O2/c1-10(17(8-6-14)9-7-15)13(18)19-12-5-3-2-4-11(12)16/h2-5,10H,6-9,16H2,1H3/t10-/m0/s1. The first kappa shape index (κ1) is 16.1. The zero-order valence-corrected chi connectivity index (χ0v) is 12.3. The highest BCUT2D eigenvalue weighted by molar-refractivity contribution is 6.18. The third kappa shape index (κ3) is 4.90. The summed E-state index contributed by atoms with van der Waals surface area (Å²) >= 11 is 11.4. The van der Waals surface area contributed by atoms with E-state index in [2.05, 4.69) is 0 Å². The van der Waals surface area contributed by atoms with E-state index >= 15 is 0 Å². The molecule has 0 amide bonds. The lowest BCUT2D eigenvalue weighted by atomic mass is 10.2. The Morgan fingerprint density at radius 3 is 2.42 bits per heavy atom. The van der Waals surface area contributed by atoms with Gasteiger partial charge in [0, 0.05) is 24.8 Å². The second-order valence-electron chi connectivity index (χ2n) is 4.05. The van der Waals surface area contributed by atoms with Crippen LogP contribution in [0, 0.1) is 0 Å². The average molecular weight is 305 g/mol. The molecule has 4 nitrogen and oxygen atoms in total. The van der Waals surface area contributed by atoms with Crippen molar-refractivity contribution in [1.82, 2.24) is 4.90 Å². The number of carbonyl (C=O) groups is 1. The fraction of sp³-hybridized carbons (Fsp3) is 0.462. The maximum Gasteiger partial charge on any atom is 0.328 e. The van der Waals surface area contributed by atoms with E-state index in [0.717, 1.165) is 0 Å². The van der Waals surface area contributed by atoms with Gasteiger partial charge in [-0.2, -0.15) is 0 Å². The number of esters is 1. The largest absolute Gasteiger partial charge is 0.423 e. The van der Waals surface area contributed by atoms with Gasteiger partial charge in [0.1, 0.15) is 6.04 Å². The van der Waals surface area contributed by atoms with E-state index in [1.807, 2.05) is 4.90 Å². The lowest BCUT2D eigenvalue weighted by Crippen LogP contribution is -2.43. The monoisotopic (exact) mass is 304 g/mol. The molecule has 1 rings (SSSR count). The summed E-state index contributed by atoms with van der Waals surface area (Å²) in [6.45, 7) is 2.92. The van der Waals surface area contributed by atoms with Crippen LogP contribution in [0.1, 0.15) is 6.92 Å². The van der Waals surface area contributed by atoms with E-state index in [1.54, 1.807) is 31.2 Å². The number of ether oxygens (including phenoxy) is 1. The van der Waals surface area contributed by atoms with Crippen LogP contribution in [0.25, 0.3) is 0 Å². The van der Waals surface area contributed by atoms with E-state index in [4.69, 9.17) is 33.7 Å². The van der Waals surface area contributed by atoms with Crippen molar-refractivity contribution in [1.29, 1.82) is 0 Å². The van der Waals surface area contributed by atoms with Gasteiger partial charge in [-0.25, -0.2) is 4.79 Å². The summed E-state index contributed by atoms with van der Waals surface area (Å²) in [7, 11) is 0. The molecule has 0 aliphatic carbocycles. The minimum absolute atomic E-state index is 0.367. The van der Waals surface area contributed by atoms with E-state index < -0.39 is 6.04 Å². The summed E-state index contributed by atoms with van der Waals surface area (Å²) in [5.41, 5.74) is 6.16. The molecular weight excluding hydrogens is 287 g/mol. The number of hydrogen-bond acceptors (Lipinski definition) is 4. The van der Waals surface area contributed by atoms with E-state index in [0.29, 0.717) is 36.3 Å². The predicted octanol–water partition coefficient (Wildman–Crippen LogP) is 2.34. The van der Waals surface area contributed by atoms with Crippen molar-refractivity contribution in [2.75, 3.05) is 30.6 Å². The molecule has 0 saturated heterocycles. The van der Waals surface area contributed by atoms with Gasteiger partial charge in [0.2, 0.25) is 0 Å². The van der Waals surface area contributed by atoms with Crippen molar-refractivity contribution >= 4 is 34.9 Å². The number of rotatable bonds is 7. The van der Waals surface area contributed by atoms with E-state index in [-0.39, 0.29) is 5.97 Å². The average Bonchev–Trinajstić information content (AvgIpc) is 2.40. The summed E-state index contributed by atoms with van der Waals surface area (Å²) in [5.74, 6) is 0.869. The molecule has 0 bridgehead atoms. The molecular formula is C13H18Cl2N2O2. The van der Waals surface area contributed by atoms with Crippen molar-refractivity contribution in [2.45, 2.75) is 13.0 Å². The molecule has 0 radical (unpaired) electrons. The highest BCUT2D eigenvalue weighted by atomic mass is 35.5. The molecule has 19 heavy (non-hydrogen) atoms. The number of nitrogen functional groups attached to an aromatic ring is 1. The fourth-order valence-corrected chi connectivity index (χ4v) is 2.07. The Morgan fingerprint density at radius 2 is 1.89 bits per heavy atom. The van der Waals surface area contributed by atoms with Gasteiger partial charge in [-0.15, -0.1) is 23.2 Å². The lowest BCUT2D eigenvalue weighted by Gasteiger charge is -2.25. The Hall–Kier alpha value is -0.970. The normalized spacial score (nSPS) is 12.4. The Kier molecular flexibility index (Phi) is 6.99. The predicted molar refractivity (Wildman–Crippen MR) is 79.0 cm³/mol. The summed E-state index contributed by atoms with van der Waals surface area (Å²) in [6.07, 6.45) is 0. The molecule has 2 N–H and O–H groups in total. The second kappa shape index (κ2) is 8.25. The smallest absolute Gasteiger partial charge is 0.328 e. The van der Waals surface area contributed by atoms with Crippen molar-refractivity contribution in [3.63, 3.8) is 0 Å². The quantitative estimate of drug-likeness (QED) is 0.364. The fourth-order valence-electron chi connectivity index (χ4n) is 1.63. The first-order valence-electron chi connectivity index (χ1n) is 6.02.